The van der Waals surface area contributed by atoms with E-state index < -0.39 is 0 Å². The molecule has 2 aromatic carbocycles. The molecular weight excluding hydrogens is 338 g/mol. The highest BCUT2D eigenvalue weighted by Crippen LogP contribution is 2.32. The van der Waals surface area contributed by atoms with Crippen molar-refractivity contribution < 1.29 is 9.53 Å². The molecule has 0 fully saturated rings. The van der Waals surface area contributed by atoms with E-state index in [1.54, 1.807) is 13.3 Å². The molecule has 1 atom stereocenters. The van der Waals surface area contributed by atoms with Crippen molar-refractivity contribution in [1.29, 1.82) is 0 Å². The fourth-order valence-electron chi connectivity index (χ4n) is 3.34. The summed E-state index contributed by atoms with van der Waals surface area (Å²) in [4.78, 5) is 19.5. The first-order valence-electron chi connectivity index (χ1n) is 8.96. The number of fused-ring (bicyclic) bond motifs is 1. The van der Waals surface area contributed by atoms with Gasteiger partial charge in [-0.1, -0.05) is 30.3 Å². The van der Waals surface area contributed by atoms with Gasteiger partial charge in [-0.15, -0.1) is 0 Å². The highest BCUT2D eigenvalue weighted by molar-refractivity contribution is 6.01. The molecule has 5 nitrogen and oxygen atoms in total. The highest BCUT2D eigenvalue weighted by Gasteiger charge is 2.33. The minimum atomic E-state index is -0.285. The second-order valence-corrected chi connectivity index (χ2v) is 6.44. The summed E-state index contributed by atoms with van der Waals surface area (Å²) in [5, 5.41) is 3.47. The number of carbonyl (C=O) groups excluding carboxylic acids is 1. The molecule has 3 aromatic rings. The molecule has 1 aliphatic heterocycles. The van der Waals surface area contributed by atoms with Crippen LogP contribution in [0.1, 0.15) is 27.8 Å². The van der Waals surface area contributed by atoms with Gasteiger partial charge in [0, 0.05) is 18.4 Å². The summed E-state index contributed by atoms with van der Waals surface area (Å²) in [6, 6.07) is 21.3. The zero-order valence-electron chi connectivity index (χ0n) is 15.1. The first kappa shape index (κ1) is 17.1. The summed E-state index contributed by atoms with van der Waals surface area (Å²) in [6.07, 6.45) is 2.22. The maximum Gasteiger partial charge on any atom is 0.257 e. The molecule has 0 aliphatic carbocycles. The first-order valence-corrected chi connectivity index (χ1v) is 8.96. The van der Waals surface area contributed by atoms with Crippen LogP contribution in [0.4, 0.5) is 5.69 Å². The lowest BCUT2D eigenvalue weighted by atomic mass is 10.0. The molecule has 5 heteroatoms. The maximum absolute atomic E-state index is 13.2. The molecule has 27 heavy (non-hydrogen) atoms. The van der Waals surface area contributed by atoms with Crippen LogP contribution in [0.5, 0.6) is 5.75 Å². The van der Waals surface area contributed by atoms with Gasteiger partial charge in [-0.3, -0.25) is 9.78 Å². The van der Waals surface area contributed by atoms with Crippen LogP contribution < -0.4 is 10.1 Å². The van der Waals surface area contributed by atoms with Gasteiger partial charge in [0.1, 0.15) is 11.9 Å². The van der Waals surface area contributed by atoms with Crippen molar-refractivity contribution in [2.24, 2.45) is 0 Å². The average Bonchev–Trinajstić information content (AvgIpc) is 2.74. The number of anilines is 1. The molecule has 4 rings (SSSR count). The third-order valence-corrected chi connectivity index (χ3v) is 4.79. The third-order valence-electron chi connectivity index (χ3n) is 4.79. The van der Waals surface area contributed by atoms with Gasteiger partial charge in [-0.2, -0.15) is 0 Å². The Hall–Kier alpha value is -3.34. The summed E-state index contributed by atoms with van der Waals surface area (Å²) < 4.78 is 5.21. The molecule has 0 saturated carbocycles. The Bertz CT molecular complexity index is 926. The standard InChI is InChI=1S/C22H21N3O2/c1-27-17-11-9-16(10-12-17)13-15-25-21(20-8-4-5-14-23-20)24-19-7-3-2-6-18(19)22(25)26/h2-12,14,21,24H,13,15H2,1H3/t21-/m1/s1. The number of rotatable bonds is 5. The van der Waals surface area contributed by atoms with Crippen LogP contribution in [0.25, 0.3) is 0 Å². The molecule has 0 spiro atoms. The van der Waals surface area contributed by atoms with Crippen molar-refractivity contribution in [3.63, 3.8) is 0 Å². The van der Waals surface area contributed by atoms with Crippen molar-refractivity contribution >= 4 is 11.6 Å². The number of nitrogens with zero attached hydrogens (tertiary/aromatic N) is 2. The predicted molar refractivity (Wildman–Crippen MR) is 105 cm³/mol. The van der Waals surface area contributed by atoms with Gasteiger partial charge in [0.05, 0.1) is 18.4 Å². The van der Waals surface area contributed by atoms with E-state index in [0.717, 1.165) is 29.1 Å². The predicted octanol–water partition coefficient (Wildman–Crippen LogP) is 3.90. The molecule has 2 heterocycles. The van der Waals surface area contributed by atoms with E-state index in [1.165, 1.54) is 0 Å². The molecule has 1 N–H and O–H groups in total. The number of hydrogen-bond donors (Lipinski definition) is 1. The van der Waals surface area contributed by atoms with Crippen LogP contribution in [-0.4, -0.2) is 29.4 Å². The largest absolute Gasteiger partial charge is 0.497 e. The van der Waals surface area contributed by atoms with Crippen molar-refractivity contribution in [3.8, 4) is 5.75 Å². The molecule has 1 amide bonds. The van der Waals surface area contributed by atoms with Gasteiger partial charge in [-0.25, -0.2) is 0 Å². The Balaban J connectivity index is 1.61. The van der Waals surface area contributed by atoms with Gasteiger partial charge in [0.25, 0.3) is 5.91 Å². The molecule has 0 bridgehead atoms. The van der Waals surface area contributed by atoms with E-state index in [2.05, 4.69) is 10.3 Å². The fraction of sp³-hybridized carbons (Fsp3) is 0.182. The van der Waals surface area contributed by atoms with Crippen molar-refractivity contribution in [2.45, 2.75) is 12.6 Å². The molecule has 1 aromatic heterocycles. The maximum atomic E-state index is 13.2. The Kier molecular flexibility index (Phi) is 4.75. The van der Waals surface area contributed by atoms with Crippen molar-refractivity contribution in [3.05, 3.63) is 89.7 Å². The minimum Gasteiger partial charge on any atom is -0.497 e. The monoisotopic (exact) mass is 359 g/mol. The number of hydrogen-bond acceptors (Lipinski definition) is 4. The van der Waals surface area contributed by atoms with Crippen molar-refractivity contribution in [2.75, 3.05) is 19.0 Å². The summed E-state index contributed by atoms with van der Waals surface area (Å²) in [5.74, 6) is 0.850. The van der Waals surface area contributed by atoms with Gasteiger partial charge in [0.2, 0.25) is 0 Å². The number of benzene rings is 2. The number of para-hydroxylation sites is 1. The van der Waals surface area contributed by atoms with Crippen LogP contribution in [0.3, 0.4) is 0 Å². The van der Waals surface area contributed by atoms with Crippen LogP contribution >= 0.6 is 0 Å². The average molecular weight is 359 g/mol. The lowest BCUT2D eigenvalue weighted by Gasteiger charge is -2.37. The zero-order chi connectivity index (χ0) is 18.6. The van der Waals surface area contributed by atoms with Gasteiger partial charge in [0.15, 0.2) is 0 Å². The van der Waals surface area contributed by atoms with Gasteiger partial charge < -0.3 is 15.0 Å². The number of carbonyl (C=O) groups is 1. The number of aromatic nitrogens is 1. The third kappa shape index (κ3) is 3.49. The normalized spacial score (nSPS) is 15.8. The topological polar surface area (TPSA) is 54.5 Å². The molecule has 136 valence electrons. The van der Waals surface area contributed by atoms with Crippen LogP contribution in [0, 0.1) is 0 Å². The van der Waals surface area contributed by atoms with E-state index >= 15 is 0 Å². The van der Waals surface area contributed by atoms with Crippen LogP contribution in [0.15, 0.2) is 72.9 Å². The SMILES string of the molecule is COc1ccc(CCN2C(=O)c3ccccc3N[C@H]2c2ccccn2)cc1. The molecule has 0 saturated heterocycles. The Morgan fingerprint density at radius 2 is 1.81 bits per heavy atom. The summed E-state index contributed by atoms with van der Waals surface area (Å²) in [5.41, 5.74) is 3.52. The Morgan fingerprint density at radius 3 is 2.56 bits per heavy atom. The number of pyridine rings is 1. The molecule has 0 radical (unpaired) electrons. The highest BCUT2D eigenvalue weighted by atomic mass is 16.5. The number of methoxy groups -OCH3 is 1. The number of ether oxygens (including phenoxy) is 1. The number of nitrogens with one attached hydrogen (secondary N) is 1. The Labute approximate surface area is 158 Å². The van der Waals surface area contributed by atoms with Crippen molar-refractivity contribution in [1.82, 2.24) is 9.88 Å². The second-order valence-electron chi connectivity index (χ2n) is 6.44. The summed E-state index contributed by atoms with van der Waals surface area (Å²) in [7, 11) is 1.65. The Morgan fingerprint density at radius 1 is 1.04 bits per heavy atom. The van der Waals surface area contributed by atoms with Gasteiger partial charge >= 0.3 is 0 Å². The van der Waals surface area contributed by atoms with E-state index in [0.29, 0.717) is 12.1 Å². The molecule has 0 unspecified atom stereocenters. The van der Waals surface area contributed by atoms with E-state index in [-0.39, 0.29) is 12.1 Å². The van der Waals surface area contributed by atoms with E-state index in [9.17, 15) is 4.79 Å². The first-order chi connectivity index (χ1) is 13.3. The minimum absolute atomic E-state index is 0.0218. The van der Waals surface area contributed by atoms with Crippen LogP contribution in [-0.2, 0) is 6.42 Å². The van der Waals surface area contributed by atoms with E-state index in [1.807, 2.05) is 71.6 Å². The molecular formula is C22H21N3O2. The van der Waals surface area contributed by atoms with Crippen LogP contribution in [0.2, 0.25) is 0 Å². The lowest BCUT2D eigenvalue weighted by Crippen LogP contribution is -2.44. The smallest absolute Gasteiger partial charge is 0.257 e. The second kappa shape index (κ2) is 7.50. The lowest BCUT2D eigenvalue weighted by molar-refractivity contribution is 0.0682. The summed E-state index contributed by atoms with van der Waals surface area (Å²) >= 11 is 0. The van der Waals surface area contributed by atoms with Gasteiger partial charge in [-0.05, 0) is 48.4 Å². The van der Waals surface area contributed by atoms with E-state index in [4.69, 9.17) is 4.74 Å². The quantitative estimate of drug-likeness (QED) is 0.751. The fourth-order valence-corrected chi connectivity index (χ4v) is 3.34. The molecule has 1 aliphatic rings. The number of amides is 1. The summed E-state index contributed by atoms with van der Waals surface area (Å²) in [6.45, 7) is 0.591. The zero-order valence-corrected chi connectivity index (χ0v) is 15.1.